The van der Waals surface area contributed by atoms with Crippen LogP contribution >= 0.6 is 11.1 Å². The standard InChI is InChI=1S/C9H15ClOSi/c1-2-11-8-6-9(12-10)4-3-7(8)5-9/h3-4,7-8H,2,5-6,12H2,1H3. The maximum absolute atomic E-state index is 6.09. The van der Waals surface area contributed by atoms with Crippen molar-refractivity contribution in [1.82, 2.24) is 0 Å². The molecule has 3 heteroatoms. The van der Waals surface area contributed by atoms with Gasteiger partial charge in [-0.3, -0.25) is 0 Å². The molecule has 2 bridgehead atoms. The quantitative estimate of drug-likeness (QED) is 0.386. The van der Waals surface area contributed by atoms with Gasteiger partial charge in [-0.15, -0.1) is 0 Å². The summed E-state index contributed by atoms with van der Waals surface area (Å²) in [6, 6.07) is 0. The summed E-state index contributed by atoms with van der Waals surface area (Å²) in [7, 11) is -0.418. The summed E-state index contributed by atoms with van der Waals surface area (Å²) in [5.41, 5.74) is 0. The highest BCUT2D eigenvalue weighted by Gasteiger charge is 2.46. The second-order valence-corrected chi connectivity index (χ2v) is 6.40. The van der Waals surface area contributed by atoms with Crippen LogP contribution in [0.15, 0.2) is 12.2 Å². The highest BCUT2D eigenvalue weighted by Crippen LogP contribution is 2.55. The molecule has 0 amide bonds. The van der Waals surface area contributed by atoms with Crippen molar-refractivity contribution >= 4 is 19.9 Å². The van der Waals surface area contributed by atoms with E-state index < -0.39 is 8.83 Å². The third-order valence-electron chi connectivity index (χ3n) is 3.07. The van der Waals surface area contributed by atoms with Crippen molar-refractivity contribution in [2.45, 2.75) is 30.9 Å². The third-order valence-corrected chi connectivity index (χ3v) is 6.01. The molecule has 12 heavy (non-hydrogen) atoms. The number of halogens is 1. The summed E-state index contributed by atoms with van der Waals surface area (Å²) in [4.78, 5) is 0. The predicted octanol–water partition coefficient (Wildman–Crippen LogP) is 1.85. The molecule has 1 fully saturated rings. The van der Waals surface area contributed by atoms with Crippen LogP contribution in [0, 0.1) is 5.92 Å². The molecule has 0 radical (unpaired) electrons. The summed E-state index contributed by atoms with van der Waals surface area (Å²) in [5, 5.41) is 0.423. The first-order valence-electron chi connectivity index (χ1n) is 4.66. The Hall–Kier alpha value is 0.207. The number of hydrogen-bond acceptors (Lipinski definition) is 1. The maximum atomic E-state index is 6.09. The highest BCUT2D eigenvalue weighted by atomic mass is 35.6. The van der Waals surface area contributed by atoms with Gasteiger partial charge in [0.25, 0.3) is 0 Å². The molecule has 3 unspecified atom stereocenters. The van der Waals surface area contributed by atoms with Crippen LogP contribution in [0.5, 0.6) is 0 Å². The second-order valence-electron chi connectivity index (χ2n) is 3.92. The van der Waals surface area contributed by atoms with Crippen LogP contribution in [0.3, 0.4) is 0 Å². The Morgan fingerprint density at radius 2 is 2.50 bits per heavy atom. The van der Waals surface area contributed by atoms with E-state index in [1.54, 1.807) is 0 Å². The van der Waals surface area contributed by atoms with E-state index >= 15 is 0 Å². The van der Waals surface area contributed by atoms with Crippen molar-refractivity contribution < 1.29 is 4.74 Å². The van der Waals surface area contributed by atoms with Gasteiger partial charge >= 0.3 is 0 Å². The van der Waals surface area contributed by atoms with Crippen LogP contribution in [0.25, 0.3) is 0 Å². The Labute approximate surface area is 80.7 Å². The molecule has 0 saturated heterocycles. The number of rotatable bonds is 3. The number of hydrogen-bond donors (Lipinski definition) is 0. The van der Waals surface area contributed by atoms with Gasteiger partial charge in [-0.25, -0.2) is 0 Å². The van der Waals surface area contributed by atoms with E-state index in [-0.39, 0.29) is 0 Å². The molecule has 0 aromatic rings. The van der Waals surface area contributed by atoms with Gasteiger partial charge in [0.05, 0.1) is 6.10 Å². The van der Waals surface area contributed by atoms with E-state index in [0.29, 0.717) is 17.1 Å². The zero-order valence-corrected chi connectivity index (χ0v) is 9.59. The summed E-state index contributed by atoms with van der Waals surface area (Å²) >= 11 is 6.09. The topological polar surface area (TPSA) is 9.23 Å². The normalized spacial score (nSPS) is 45.2. The van der Waals surface area contributed by atoms with Crippen molar-refractivity contribution in [3.63, 3.8) is 0 Å². The lowest BCUT2D eigenvalue weighted by atomic mass is 10.0. The van der Waals surface area contributed by atoms with E-state index in [4.69, 9.17) is 15.8 Å². The molecule has 0 spiro atoms. The molecule has 2 aliphatic carbocycles. The highest BCUT2D eigenvalue weighted by molar-refractivity contribution is 6.95. The van der Waals surface area contributed by atoms with E-state index in [0.717, 1.165) is 6.61 Å². The van der Waals surface area contributed by atoms with Gasteiger partial charge in [0, 0.05) is 12.5 Å². The van der Waals surface area contributed by atoms with Crippen molar-refractivity contribution in [2.24, 2.45) is 5.92 Å². The van der Waals surface area contributed by atoms with E-state index in [9.17, 15) is 0 Å². The molecule has 68 valence electrons. The molecule has 0 aromatic carbocycles. The monoisotopic (exact) mass is 202 g/mol. The number of fused-ring (bicyclic) bond motifs is 2. The van der Waals surface area contributed by atoms with Gasteiger partial charge in [0.15, 0.2) is 0 Å². The minimum absolute atomic E-state index is 0.418. The molecular weight excluding hydrogens is 188 g/mol. The van der Waals surface area contributed by atoms with Crippen LogP contribution in [0.1, 0.15) is 19.8 Å². The van der Waals surface area contributed by atoms with Crippen LogP contribution in [0.2, 0.25) is 5.04 Å². The molecule has 1 saturated carbocycles. The molecule has 3 atom stereocenters. The van der Waals surface area contributed by atoms with E-state index in [1.807, 2.05) is 0 Å². The average Bonchev–Trinajstić information content (AvgIpc) is 2.63. The Morgan fingerprint density at radius 3 is 3.08 bits per heavy atom. The van der Waals surface area contributed by atoms with Crippen LogP contribution in [-0.4, -0.2) is 21.5 Å². The zero-order chi connectivity index (χ0) is 8.60. The SMILES string of the molecule is CCOC1CC2([SiH2]Cl)C=CC1C2. The summed E-state index contributed by atoms with van der Waals surface area (Å²) in [6.45, 7) is 2.91. The molecule has 1 nitrogen and oxygen atoms in total. The third kappa shape index (κ3) is 1.26. The Bertz CT molecular complexity index is 207. The lowest BCUT2D eigenvalue weighted by molar-refractivity contribution is 0.0461. The lowest BCUT2D eigenvalue weighted by Gasteiger charge is -2.23. The fraction of sp³-hybridized carbons (Fsp3) is 0.778. The summed E-state index contributed by atoms with van der Waals surface area (Å²) in [5.74, 6) is 0.677. The maximum Gasteiger partial charge on any atom is 0.135 e. The van der Waals surface area contributed by atoms with Gasteiger partial charge in [-0.05, 0) is 24.8 Å². The fourth-order valence-electron chi connectivity index (χ4n) is 2.44. The molecule has 0 aliphatic heterocycles. The van der Waals surface area contributed by atoms with Gasteiger partial charge in [-0.2, -0.15) is 11.1 Å². The van der Waals surface area contributed by atoms with Crippen molar-refractivity contribution in [1.29, 1.82) is 0 Å². The largest absolute Gasteiger partial charge is 0.378 e. The Kier molecular flexibility index (Phi) is 2.32. The number of allylic oxidation sites excluding steroid dienone is 1. The van der Waals surface area contributed by atoms with Crippen molar-refractivity contribution in [2.75, 3.05) is 6.61 Å². The molecular formula is C9H15ClOSi. The van der Waals surface area contributed by atoms with E-state index in [1.165, 1.54) is 12.8 Å². The zero-order valence-electron chi connectivity index (χ0n) is 7.42. The summed E-state index contributed by atoms with van der Waals surface area (Å²) in [6.07, 6.45) is 7.61. The second kappa shape index (κ2) is 3.16. The van der Waals surface area contributed by atoms with Gasteiger partial charge in [0.2, 0.25) is 0 Å². The Morgan fingerprint density at radius 1 is 1.67 bits per heavy atom. The van der Waals surface area contributed by atoms with Crippen LogP contribution in [-0.2, 0) is 4.74 Å². The van der Waals surface area contributed by atoms with Crippen LogP contribution in [0.4, 0.5) is 0 Å². The smallest absolute Gasteiger partial charge is 0.135 e. The lowest BCUT2D eigenvalue weighted by Crippen LogP contribution is -2.20. The molecule has 0 aromatic heterocycles. The number of ether oxygens (including phenoxy) is 1. The first-order chi connectivity index (χ1) is 5.79. The van der Waals surface area contributed by atoms with Gasteiger partial charge in [-0.1, -0.05) is 12.2 Å². The van der Waals surface area contributed by atoms with Crippen LogP contribution < -0.4 is 0 Å². The minimum atomic E-state index is -0.418. The summed E-state index contributed by atoms with van der Waals surface area (Å²) < 4.78 is 5.68. The van der Waals surface area contributed by atoms with Crippen molar-refractivity contribution in [3.05, 3.63) is 12.2 Å². The molecule has 2 rings (SSSR count). The van der Waals surface area contributed by atoms with Gasteiger partial charge < -0.3 is 4.74 Å². The predicted molar refractivity (Wildman–Crippen MR) is 54.4 cm³/mol. The van der Waals surface area contributed by atoms with E-state index in [2.05, 4.69) is 19.1 Å². The van der Waals surface area contributed by atoms with Gasteiger partial charge in [0.1, 0.15) is 8.83 Å². The molecule has 2 aliphatic rings. The minimum Gasteiger partial charge on any atom is -0.378 e. The molecule has 0 heterocycles. The first-order valence-corrected chi connectivity index (χ1v) is 7.51. The average molecular weight is 203 g/mol. The molecule has 0 N–H and O–H groups in total. The van der Waals surface area contributed by atoms with Crippen molar-refractivity contribution in [3.8, 4) is 0 Å². The fourth-order valence-corrected chi connectivity index (χ4v) is 4.43. The Balaban J connectivity index is 2.05. The first kappa shape index (κ1) is 8.79.